The number of hydrogen-bond donors (Lipinski definition) is 1. The second-order valence-electron chi connectivity index (χ2n) is 5.35. The summed E-state index contributed by atoms with van der Waals surface area (Å²) >= 11 is 0. The van der Waals surface area contributed by atoms with Crippen LogP contribution in [0.25, 0.3) is 0 Å². The standard InChI is InChI=1S/C17H23NO2/c1-18(14-17-9-2-3-11-20-17)13-16-7-4-6-15(12-16)8-5-10-19/h4,6-7,12,17,19H,2-3,9-11,13-14H2,1H3. The maximum Gasteiger partial charge on any atom is 0.104 e. The first kappa shape index (κ1) is 15.1. The van der Waals surface area contributed by atoms with Gasteiger partial charge in [0, 0.05) is 25.3 Å². The maximum atomic E-state index is 8.73. The van der Waals surface area contributed by atoms with E-state index in [2.05, 4.69) is 35.9 Å². The molecule has 3 nitrogen and oxygen atoms in total. The quantitative estimate of drug-likeness (QED) is 0.852. The van der Waals surface area contributed by atoms with E-state index >= 15 is 0 Å². The van der Waals surface area contributed by atoms with Crippen LogP contribution in [0.4, 0.5) is 0 Å². The molecule has 0 bridgehead atoms. The molecule has 2 rings (SSSR count). The fourth-order valence-corrected chi connectivity index (χ4v) is 2.56. The van der Waals surface area contributed by atoms with Crippen molar-refractivity contribution in [3.8, 4) is 11.8 Å². The van der Waals surface area contributed by atoms with Crippen LogP contribution in [0.5, 0.6) is 0 Å². The van der Waals surface area contributed by atoms with Crippen molar-refractivity contribution in [2.75, 3.05) is 26.8 Å². The highest BCUT2D eigenvalue weighted by Crippen LogP contribution is 2.14. The van der Waals surface area contributed by atoms with Crippen molar-refractivity contribution in [1.82, 2.24) is 4.90 Å². The second-order valence-corrected chi connectivity index (χ2v) is 5.35. The Morgan fingerprint density at radius 3 is 3.05 bits per heavy atom. The van der Waals surface area contributed by atoms with Gasteiger partial charge < -0.3 is 9.84 Å². The summed E-state index contributed by atoms with van der Waals surface area (Å²) < 4.78 is 5.77. The average molecular weight is 273 g/mol. The first-order valence-electron chi connectivity index (χ1n) is 7.27. The van der Waals surface area contributed by atoms with Crippen molar-refractivity contribution >= 4 is 0 Å². The second kappa shape index (κ2) is 8.06. The van der Waals surface area contributed by atoms with Crippen LogP contribution in [0.1, 0.15) is 30.4 Å². The highest BCUT2D eigenvalue weighted by atomic mass is 16.5. The average Bonchev–Trinajstić information content (AvgIpc) is 2.46. The third-order valence-electron chi connectivity index (χ3n) is 3.48. The molecule has 1 aromatic carbocycles. The van der Waals surface area contributed by atoms with Gasteiger partial charge in [-0.25, -0.2) is 0 Å². The Bertz CT molecular complexity index is 469. The smallest absolute Gasteiger partial charge is 0.104 e. The van der Waals surface area contributed by atoms with E-state index in [9.17, 15) is 0 Å². The molecule has 3 heteroatoms. The van der Waals surface area contributed by atoms with Gasteiger partial charge in [0.1, 0.15) is 6.61 Å². The molecule has 1 fully saturated rings. The van der Waals surface area contributed by atoms with Crippen LogP contribution < -0.4 is 0 Å². The van der Waals surface area contributed by atoms with Gasteiger partial charge in [-0.3, -0.25) is 4.90 Å². The van der Waals surface area contributed by atoms with E-state index in [-0.39, 0.29) is 6.61 Å². The van der Waals surface area contributed by atoms with E-state index in [1.165, 1.54) is 24.8 Å². The molecular formula is C17H23NO2. The van der Waals surface area contributed by atoms with Crippen LogP contribution in [-0.2, 0) is 11.3 Å². The Balaban J connectivity index is 1.88. The summed E-state index contributed by atoms with van der Waals surface area (Å²) in [6, 6.07) is 8.18. The van der Waals surface area contributed by atoms with Gasteiger partial charge in [-0.1, -0.05) is 24.0 Å². The third kappa shape index (κ3) is 4.97. The third-order valence-corrected chi connectivity index (χ3v) is 3.48. The van der Waals surface area contributed by atoms with Gasteiger partial charge in [0.2, 0.25) is 0 Å². The van der Waals surface area contributed by atoms with Gasteiger partial charge >= 0.3 is 0 Å². The molecule has 1 saturated heterocycles. The molecule has 1 heterocycles. The number of hydrogen-bond acceptors (Lipinski definition) is 3. The van der Waals surface area contributed by atoms with E-state index in [1.807, 2.05) is 12.1 Å². The minimum Gasteiger partial charge on any atom is -0.384 e. The zero-order chi connectivity index (χ0) is 14.2. The highest BCUT2D eigenvalue weighted by Gasteiger charge is 2.15. The highest BCUT2D eigenvalue weighted by molar-refractivity contribution is 5.37. The molecule has 1 aromatic rings. The van der Waals surface area contributed by atoms with Gasteiger partial charge in [-0.05, 0) is 44.0 Å². The van der Waals surface area contributed by atoms with Gasteiger partial charge in [0.15, 0.2) is 0 Å². The molecule has 1 atom stereocenters. The maximum absolute atomic E-state index is 8.73. The predicted molar refractivity (Wildman–Crippen MR) is 80.3 cm³/mol. The molecule has 108 valence electrons. The van der Waals surface area contributed by atoms with Crippen molar-refractivity contribution in [1.29, 1.82) is 0 Å². The van der Waals surface area contributed by atoms with Crippen molar-refractivity contribution in [3.63, 3.8) is 0 Å². The number of benzene rings is 1. The summed E-state index contributed by atoms with van der Waals surface area (Å²) in [5, 5.41) is 8.73. The Hall–Kier alpha value is -1.34. The molecule has 1 unspecified atom stereocenters. The molecule has 0 saturated carbocycles. The predicted octanol–water partition coefficient (Wildman–Crippen LogP) is 2.03. The summed E-state index contributed by atoms with van der Waals surface area (Å²) in [6.45, 7) is 2.69. The van der Waals surface area contributed by atoms with Gasteiger partial charge in [0.05, 0.1) is 6.10 Å². The fourth-order valence-electron chi connectivity index (χ4n) is 2.56. The summed E-state index contributed by atoms with van der Waals surface area (Å²) in [6.07, 6.45) is 4.04. The first-order chi connectivity index (χ1) is 9.78. The Morgan fingerprint density at radius 1 is 1.40 bits per heavy atom. The van der Waals surface area contributed by atoms with E-state index in [1.54, 1.807) is 0 Å². The summed E-state index contributed by atoms with van der Waals surface area (Å²) in [5.74, 6) is 5.63. The van der Waals surface area contributed by atoms with Crippen molar-refractivity contribution in [2.24, 2.45) is 0 Å². The topological polar surface area (TPSA) is 32.7 Å². The van der Waals surface area contributed by atoms with Crippen LogP contribution in [0.15, 0.2) is 24.3 Å². The largest absolute Gasteiger partial charge is 0.384 e. The van der Waals surface area contributed by atoms with Gasteiger partial charge in [-0.2, -0.15) is 0 Å². The number of rotatable bonds is 4. The van der Waals surface area contributed by atoms with Crippen LogP contribution in [-0.4, -0.2) is 42.9 Å². The Kier molecular flexibility index (Phi) is 6.07. The lowest BCUT2D eigenvalue weighted by molar-refractivity contribution is -0.00259. The molecule has 0 amide bonds. The molecule has 20 heavy (non-hydrogen) atoms. The number of aliphatic hydroxyl groups is 1. The minimum atomic E-state index is -0.0941. The van der Waals surface area contributed by atoms with Crippen LogP contribution in [0.3, 0.4) is 0 Å². The lowest BCUT2D eigenvalue weighted by Gasteiger charge is -2.27. The summed E-state index contributed by atoms with van der Waals surface area (Å²) in [7, 11) is 2.13. The molecule has 0 aromatic heterocycles. The number of aliphatic hydroxyl groups excluding tert-OH is 1. The normalized spacial score (nSPS) is 18.6. The first-order valence-corrected chi connectivity index (χ1v) is 7.27. The number of ether oxygens (including phenoxy) is 1. The number of nitrogens with zero attached hydrogens (tertiary/aromatic N) is 1. The van der Waals surface area contributed by atoms with Crippen LogP contribution in [0, 0.1) is 11.8 Å². The molecule has 0 spiro atoms. The number of likely N-dealkylation sites (N-methyl/N-ethyl adjacent to an activating group) is 1. The van der Waals surface area contributed by atoms with Crippen molar-refractivity contribution in [3.05, 3.63) is 35.4 Å². The van der Waals surface area contributed by atoms with E-state index in [0.717, 1.165) is 25.3 Å². The lowest BCUT2D eigenvalue weighted by Crippen LogP contribution is -2.33. The molecule has 0 aliphatic carbocycles. The van der Waals surface area contributed by atoms with Crippen molar-refractivity contribution < 1.29 is 9.84 Å². The molecule has 1 aliphatic rings. The zero-order valence-corrected chi connectivity index (χ0v) is 12.1. The Morgan fingerprint density at radius 2 is 2.30 bits per heavy atom. The molecule has 1 N–H and O–H groups in total. The van der Waals surface area contributed by atoms with E-state index in [0.29, 0.717) is 6.10 Å². The lowest BCUT2D eigenvalue weighted by atomic mass is 10.1. The molecule has 0 radical (unpaired) electrons. The summed E-state index contributed by atoms with van der Waals surface area (Å²) in [5.41, 5.74) is 2.20. The SMILES string of the molecule is CN(Cc1cccc(C#CCO)c1)CC1CCCCO1. The Labute approximate surface area is 121 Å². The zero-order valence-electron chi connectivity index (χ0n) is 12.1. The molecular weight excluding hydrogens is 250 g/mol. The van der Waals surface area contributed by atoms with Crippen molar-refractivity contribution in [2.45, 2.75) is 31.9 Å². The van der Waals surface area contributed by atoms with E-state index < -0.39 is 0 Å². The summed E-state index contributed by atoms with van der Waals surface area (Å²) in [4.78, 5) is 2.30. The fraction of sp³-hybridized carbons (Fsp3) is 0.529. The van der Waals surface area contributed by atoms with Crippen LogP contribution in [0.2, 0.25) is 0 Å². The minimum absolute atomic E-state index is 0.0941. The van der Waals surface area contributed by atoms with Gasteiger partial charge in [-0.15, -0.1) is 0 Å². The van der Waals surface area contributed by atoms with Crippen LogP contribution >= 0.6 is 0 Å². The van der Waals surface area contributed by atoms with E-state index in [4.69, 9.17) is 9.84 Å². The van der Waals surface area contributed by atoms with Gasteiger partial charge in [0.25, 0.3) is 0 Å². The molecule has 1 aliphatic heterocycles. The monoisotopic (exact) mass is 273 g/mol.